The largest absolute Gasteiger partial charge is 0.508 e. The number of carbonyl (C=O) groups excluding carboxylic acids is 1. The molecule has 0 aliphatic heterocycles. The second-order valence-corrected chi connectivity index (χ2v) is 6.53. The summed E-state index contributed by atoms with van der Waals surface area (Å²) >= 11 is 1.69. The highest BCUT2D eigenvalue weighted by atomic mass is 32.2. The van der Waals surface area contributed by atoms with E-state index in [1.54, 1.807) is 31.0 Å². The number of hydrogen-bond acceptors (Lipinski definition) is 4. The summed E-state index contributed by atoms with van der Waals surface area (Å²) in [6, 6.07) is 15.0. The van der Waals surface area contributed by atoms with Crippen molar-refractivity contribution >= 4 is 17.7 Å². The maximum absolute atomic E-state index is 11.9. The van der Waals surface area contributed by atoms with Crippen LogP contribution in [0.2, 0.25) is 0 Å². The molecule has 4 nitrogen and oxygen atoms in total. The normalized spacial score (nSPS) is 10.4. The maximum atomic E-state index is 11.9. The number of hydrogen-bond donors (Lipinski definition) is 2. The van der Waals surface area contributed by atoms with Crippen molar-refractivity contribution in [3.05, 3.63) is 54.1 Å². The fourth-order valence-corrected chi connectivity index (χ4v) is 3.15. The van der Waals surface area contributed by atoms with Gasteiger partial charge in [-0.1, -0.05) is 18.2 Å². The number of amides is 1. The van der Waals surface area contributed by atoms with Crippen molar-refractivity contribution in [1.29, 1.82) is 0 Å². The van der Waals surface area contributed by atoms with Crippen LogP contribution in [0.4, 0.5) is 0 Å². The van der Waals surface area contributed by atoms with Crippen LogP contribution in [0.3, 0.4) is 0 Å². The lowest BCUT2D eigenvalue weighted by atomic mass is 10.1. The summed E-state index contributed by atoms with van der Waals surface area (Å²) in [7, 11) is 1.66. The average molecular weight is 345 g/mol. The van der Waals surface area contributed by atoms with E-state index in [1.165, 1.54) is 0 Å². The van der Waals surface area contributed by atoms with Gasteiger partial charge in [-0.2, -0.15) is 0 Å². The second-order valence-electron chi connectivity index (χ2n) is 5.36. The van der Waals surface area contributed by atoms with E-state index in [2.05, 4.69) is 5.32 Å². The zero-order valence-electron chi connectivity index (χ0n) is 13.8. The van der Waals surface area contributed by atoms with E-state index in [1.807, 2.05) is 36.4 Å². The van der Waals surface area contributed by atoms with Crippen molar-refractivity contribution in [2.75, 3.05) is 19.4 Å². The first-order chi connectivity index (χ1) is 11.7. The number of phenolic OH excluding ortho intramolecular Hbond substituents is 1. The average Bonchev–Trinajstić information content (AvgIpc) is 2.60. The molecule has 2 aromatic carbocycles. The van der Waals surface area contributed by atoms with Crippen LogP contribution in [0.5, 0.6) is 11.5 Å². The van der Waals surface area contributed by atoms with Gasteiger partial charge in [0.05, 0.1) is 7.11 Å². The van der Waals surface area contributed by atoms with Gasteiger partial charge in [0.25, 0.3) is 0 Å². The molecular formula is C19H23NO3S. The Balaban J connectivity index is 1.60. The predicted molar refractivity (Wildman–Crippen MR) is 97.8 cm³/mol. The number of ether oxygens (including phenoxy) is 1. The number of nitrogens with one attached hydrogen (secondary N) is 1. The molecule has 128 valence electrons. The lowest BCUT2D eigenvalue weighted by molar-refractivity contribution is -0.121. The molecule has 0 fully saturated rings. The molecular weight excluding hydrogens is 322 g/mol. The van der Waals surface area contributed by atoms with E-state index < -0.39 is 0 Å². The minimum atomic E-state index is 0.0798. The van der Waals surface area contributed by atoms with Gasteiger partial charge < -0.3 is 15.2 Å². The maximum Gasteiger partial charge on any atom is 0.220 e. The third-order valence-corrected chi connectivity index (χ3v) is 4.66. The number of benzene rings is 2. The van der Waals surface area contributed by atoms with Gasteiger partial charge in [-0.15, -0.1) is 11.8 Å². The summed E-state index contributed by atoms with van der Waals surface area (Å²) < 4.78 is 5.30. The van der Waals surface area contributed by atoms with Crippen LogP contribution in [-0.2, 0) is 11.2 Å². The third-order valence-electron chi connectivity index (χ3n) is 3.56. The number of rotatable bonds is 9. The highest BCUT2D eigenvalue weighted by Gasteiger charge is 2.04. The van der Waals surface area contributed by atoms with Crippen molar-refractivity contribution in [2.45, 2.75) is 24.2 Å². The first-order valence-corrected chi connectivity index (χ1v) is 8.98. The first-order valence-electron chi connectivity index (χ1n) is 7.99. The zero-order chi connectivity index (χ0) is 17.2. The van der Waals surface area contributed by atoms with Crippen LogP contribution in [0.15, 0.2) is 53.4 Å². The summed E-state index contributed by atoms with van der Waals surface area (Å²) in [5.74, 6) is 2.09. The van der Waals surface area contributed by atoms with Crippen molar-refractivity contribution in [1.82, 2.24) is 5.32 Å². The van der Waals surface area contributed by atoms with Crippen molar-refractivity contribution in [3.8, 4) is 11.5 Å². The van der Waals surface area contributed by atoms with E-state index >= 15 is 0 Å². The first kappa shape index (κ1) is 18.2. The summed E-state index contributed by atoms with van der Waals surface area (Å²) in [4.78, 5) is 13.0. The fourth-order valence-electron chi connectivity index (χ4n) is 2.30. The molecule has 0 bridgehead atoms. The minimum Gasteiger partial charge on any atom is -0.508 e. The van der Waals surface area contributed by atoms with E-state index in [9.17, 15) is 9.90 Å². The van der Waals surface area contributed by atoms with Crippen molar-refractivity contribution in [3.63, 3.8) is 0 Å². The van der Waals surface area contributed by atoms with Gasteiger partial charge in [-0.05, 0) is 54.5 Å². The number of para-hydroxylation sites is 1. The quantitative estimate of drug-likeness (QED) is 0.538. The molecule has 0 atom stereocenters. The Bertz CT molecular complexity index is 643. The number of thioether (sulfide) groups is 1. The summed E-state index contributed by atoms with van der Waals surface area (Å²) in [6.07, 6.45) is 2.11. The third kappa shape index (κ3) is 6.16. The van der Waals surface area contributed by atoms with Gasteiger partial charge in [-0.25, -0.2) is 0 Å². The van der Waals surface area contributed by atoms with Crippen LogP contribution >= 0.6 is 11.8 Å². The van der Waals surface area contributed by atoms with Gasteiger partial charge >= 0.3 is 0 Å². The highest BCUT2D eigenvalue weighted by molar-refractivity contribution is 7.99. The van der Waals surface area contributed by atoms with Gasteiger partial charge in [0.1, 0.15) is 11.5 Å². The Morgan fingerprint density at radius 3 is 2.67 bits per heavy atom. The molecule has 24 heavy (non-hydrogen) atoms. The van der Waals surface area contributed by atoms with E-state index in [-0.39, 0.29) is 11.7 Å². The molecule has 0 unspecified atom stereocenters. The molecule has 0 aliphatic rings. The highest BCUT2D eigenvalue weighted by Crippen LogP contribution is 2.21. The van der Waals surface area contributed by atoms with E-state index in [0.29, 0.717) is 13.0 Å². The molecule has 2 rings (SSSR count). The Hall–Kier alpha value is -2.14. The monoisotopic (exact) mass is 345 g/mol. The minimum absolute atomic E-state index is 0.0798. The second kappa shape index (κ2) is 9.88. The smallest absolute Gasteiger partial charge is 0.220 e. The van der Waals surface area contributed by atoms with Gasteiger partial charge in [0.15, 0.2) is 0 Å². The lowest BCUT2D eigenvalue weighted by Crippen LogP contribution is -2.25. The van der Waals surface area contributed by atoms with Crippen LogP contribution in [0.1, 0.15) is 18.4 Å². The van der Waals surface area contributed by atoms with Crippen LogP contribution in [-0.4, -0.2) is 30.4 Å². The van der Waals surface area contributed by atoms with Crippen LogP contribution in [0, 0.1) is 0 Å². The molecule has 0 heterocycles. The fraction of sp³-hybridized carbons (Fsp3) is 0.316. The van der Waals surface area contributed by atoms with Crippen molar-refractivity contribution < 1.29 is 14.6 Å². The van der Waals surface area contributed by atoms with Gasteiger partial charge in [-0.3, -0.25) is 4.79 Å². The standard InChI is InChI=1S/C19H23NO3S/c1-23-18-6-3-2-5-15(18)12-13-20-19(22)7-4-14-24-17-10-8-16(21)9-11-17/h2-3,5-6,8-11,21H,4,7,12-14H2,1H3,(H,20,22). The molecule has 5 heteroatoms. The van der Waals surface area contributed by atoms with Gasteiger partial charge in [0.2, 0.25) is 5.91 Å². The van der Waals surface area contributed by atoms with E-state index in [0.717, 1.165) is 34.8 Å². The van der Waals surface area contributed by atoms with Gasteiger partial charge in [0, 0.05) is 17.9 Å². The molecule has 0 radical (unpaired) electrons. The topological polar surface area (TPSA) is 58.6 Å². The predicted octanol–water partition coefficient (Wildman–Crippen LogP) is 3.63. The van der Waals surface area contributed by atoms with E-state index in [4.69, 9.17) is 4.74 Å². The van der Waals surface area contributed by atoms with Crippen molar-refractivity contribution in [2.24, 2.45) is 0 Å². The molecule has 0 aliphatic carbocycles. The molecule has 1 amide bonds. The molecule has 0 aromatic heterocycles. The molecule has 2 N–H and O–H groups in total. The molecule has 0 spiro atoms. The number of methoxy groups -OCH3 is 1. The summed E-state index contributed by atoms with van der Waals surface area (Å²) in [6.45, 7) is 0.615. The Labute approximate surface area is 147 Å². The van der Waals surface area contributed by atoms with Crippen LogP contribution in [0.25, 0.3) is 0 Å². The molecule has 0 saturated heterocycles. The molecule has 2 aromatic rings. The van der Waals surface area contributed by atoms with Crippen LogP contribution < -0.4 is 10.1 Å². The molecule has 0 saturated carbocycles. The Kier molecular flexibility index (Phi) is 7.49. The Morgan fingerprint density at radius 2 is 1.92 bits per heavy atom. The Morgan fingerprint density at radius 1 is 1.17 bits per heavy atom. The number of carbonyl (C=O) groups is 1. The number of aromatic hydroxyl groups is 1. The lowest BCUT2D eigenvalue weighted by Gasteiger charge is -2.09. The summed E-state index contributed by atoms with van der Waals surface area (Å²) in [5, 5.41) is 12.2. The zero-order valence-corrected chi connectivity index (χ0v) is 14.6. The SMILES string of the molecule is COc1ccccc1CCNC(=O)CCCSc1ccc(O)cc1. The number of phenols is 1. The summed E-state index contributed by atoms with van der Waals surface area (Å²) in [5.41, 5.74) is 1.10.